The van der Waals surface area contributed by atoms with Gasteiger partial charge < -0.3 is 0 Å². The zero-order valence-corrected chi connectivity index (χ0v) is 10.8. The van der Waals surface area contributed by atoms with Crippen LogP contribution in [-0.4, -0.2) is 15.0 Å². The third-order valence-electron chi connectivity index (χ3n) is 2.56. The van der Waals surface area contributed by atoms with Crippen LogP contribution in [0.15, 0.2) is 58.7 Å². The highest BCUT2D eigenvalue weighted by Crippen LogP contribution is 2.31. The first-order chi connectivity index (χ1) is 9.36. The van der Waals surface area contributed by atoms with Crippen molar-refractivity contribution >= 4 is 28.6 Å². The number of rotatable bonds is 3. The highest BCUT2D eigenvalue weighted by Gasteiger charge is 2.08. The van der Waals surface area contributed by atoms with Gasteiger partial charge in [0.2, 0.25) is 5.95 Å². The molecule has 3 aromatic rings. The zero-order chi connectivity index (χ0) is 13.1. The van der Waals surface area contributed by atoms with E-state index in [0.717, 1.165) is 20.8 Å². The Hall–Kier alpha value is -2.18. The van der Waals surface area contributed by atoms with E-state index in [-0.39, 0.29) is 0 Å². The fourth-order valence-corrected chi connectivity index (χ4v) is 2.60. The van der Waals surface area contributed by atoms with Crippen LogP contribution in [0.1, 0.15) is 0 Å². The summed E-state index contributed by atoms with van der Waals surface area (Å²) < 4.78 is 0. The molecule has 3 N–H and O–H groups in total. The Morgan fingerprint density at radius 2 is 1.79 bits per heavy atom. The molecule has 6 heteroatoms. The normalized spacial score (nSPS) is 10.6. The summed E-state index contributed by atoms with van der Waals surface area (Å²) in [5.74, 6) is 5.82. The van der Waals surface area contributed by atoms with Gasteiger partial charge in [0.05, 0.1) is 5.52 Å². The molecule has 0 aliphatic carbocycles. The lowest BCUT2D eigenvalue weighted by Gasteiger charge is -2.07. The minimum Gasteiger partial charge on any atom is -0.292 e. The number of nitrogens with two attached hydrogens (primary N) is 1. The predicted octanol–water partition coefficient (Wildman–Crippen LogP) is 2.46. The average Bonchev–Trinajstić information content (AvgIpc) is 2.48. The molecule has 2 heterocycles. The van der Waals surface area contributed by atoms with E-state index in [0.29, 0.717) is 5.95 Å². The summed E-state index contributed by atoms with van der Waals surface area (Å²) in [5, 5.41) is 1.87. The largest absolute Gasteiger partial charge is 0.292 e. The molecular formula is C13H11N5S. The maximum absolute atomic E-state index is 5.41. The summed E-state index contributed by atoms with van der Waals surface area (Å²) >= 11 is 1.56. The number of pyridine rings is 1. The van der Waals surface area contributed by atoms with Crippen LogP contribution in [0.2, 0.25) is 0 Å². The number of hydrogen-bond donors (Lipinski definition) is 2. The number of nitrogen functional groups attached to an aromatic ring is 1. The van der Waals surface area contributed by atoms with E-state index in [4.69, 9.17) is 5.84 Å². The number of hydrogen-bond acceptors (Lipinski definition) is 6. The lowest BCUT2D eigenvalue weighted by molar-refractivity contribution is 1.07. The third kappa shape index (κ3) is 2.49. The number of anilines is 1. The Labute approximate surface area is 114 Å². The first-order valence-corrected chi connectivity index (χ1v) is 6.50. The molecule has 0 saturated heterocycles. The van der Waals surface area contributed by atoms with Gasteiger partial charge in [0.25, 0.3) is 0 Å². The molecule has 0 aliphatic rings. The Bertz CT molecular complexity index is 702. The fourth-order valence-electron chi connectivity index (χ4n) is 1.71. The maximum atomic E-state index is 5.41. The number of benzene rings is 1. The minimum absolute atomic E-state index is 0.412. The van der Waals surface area contributed by atoms with Crippen LogP contribution in [0.5, 0.6) is 0 Å². The van der Waals surface area contributed by atoms with E-state index < -0.39 is 0 Å². The molecule has 19 heavy (non-hydrogen) atoms. The van der Waals surface area contributed by atoms with E-state index in [1.807, 2.05) is 36.4 Å². The van der Waals surface area contributed by atoms with Crippen molar-refractivity contribution in [3.05, 3.63) is 48.8 Å². The van der Waals surface area contributed by atoms with Crippen molar-refractivity contribution in [1.82, 2.24) is 15.0 Å². The third-order valence-corrected chi connectivity index (χ3v) is 3.57. The standard InChI is InChI=1S/C13H11N5S/c14-18-13-16-11-4-2-1-3-10(11)12(17-13)19-9-5-7-15-8-6-9/h1-8H,14H2,(H,16,17,18). The van der Waals surface area contributed by atoms with Gasteiger partial charge in [-0.25, -0.2) is 15.8 Å². The van der Waals surface area contributed by atoms with Gasteiger partial charge in [0.15, 0.2) is 0 Å². The number of nitrogens with one attached hydrogen (secondary N) is 1. The first-order valence-electron chi connectivity index (χ1n) is 5.68. The van der Waals surface area contributed by atoms with Crippen LogP contribution in [0.4, 0.5) is 5.95 Å². The first kappa shape index (κ1) is 11.9. The van der Waals surface area contributed by atoms with Gasteiger partial charge in [-0.15, -0.1) is 0 Å². The molecule has 0 atom stereocenters. The number of nitrogens with zero attached hydrogens (tertiary/aromatic N) is 3. The van der Waals surface area contributed by atoms with Gasteiger partial charge in [-0.2, -0.15) is 0 Å². The lowest BCUT2D eigenvalue weighted by atomic mass is 10.2. The molecular weight excluding hydrogens is 258 g/mol. The van der Waals surface area contributed by atoms with Crippen LogP contribution in [0.25, 0.3) is 10.9 Å². The van der Waals surface area contributed by atoms with Crippen molar-refractivity contribution in [2.75, 3.05) is 5.43 Å². The summed E-state index contributed by atoms with van der Waals surface area (Å²) in [6.07, 6.45) is 3.52. The van der Waals surface area contributed by atoms with E-state index in [1.54, 1.807) is 24.2 Å². The molecule has 3 rings (SSSR count). The van der Waals surface area contributed by atoms with Crippen molar-refractivity contribution in [3.8, 4) is 0 Å². The quantitative estimate of drug-likeness (QED) is 0.432. The minimum atomic E-state index is 0.412. The van der Waals surface area contributed by atoms with Gasteiger partial charge in [-0.1, -0.05) is 30.0 Å². The number of aromatic nitrogens is 3. The van der Waals surface area contributed by atoms with E-state index in [2.05, 4.69) is 20.4 Å². The van der Waals surface area contributed by atoms with Crippen molar-refractivity contribution in [3.63, 3.8) is 0 Å². The van der Waals surface area contributed by atoms with Crippen LogP contribution in [0.3, 0.4) is 0 Å². The van der Waals surface area contributed by atoms with E-state index >= 15 is 0 Å². The zero-order valence-electron chi connectivity index (χ0n) is 9.95. The molecule has 0 saturated carbocycles. The Morgan fingerprint density at radius 3 is 2.58 bits per heavy atom. The van der Waals surface area contributed by atoms with Gasteiger partial charge in [-0.05, 0) is 18.2 Å². The molecule has 5 nitrogen and oxygen atoms in total. The number of para-hydroxylation sites is 1. The SMILES string of the molecule is NNc1nc(Sc2ccncc2)c2ccccc2n1. The van der Waals surface area contributed by atoms with Crippen LogP contribution in [-0.2, 0) is 0 Å². The second kappa shape index (κ2) is 5.21. The average molecular weight is 269 g/mol. The summed E-state index contributed by atoms with van der Waals surface area (Å²) in [7, 11) is 0. The summed E-state index contributed by atoms with van der Waals surface area (Å²) in [6, 6.07) is 11.7. The molecule has 0 radical (unpaired) electrons. The Kier molecular flexibility index (Phi) is 3.26. The monoisotopic (exact) mass is 269 g/mol. The second-order valence-corrected chi connectivity index (χ2v) is 4.86. The Balaban J connectivity index is 2.11. The molecule has 94 valence electrons. The maximum Gasteiger partial charge on any atom is 0.238 e. The fraction of sp³-hybridized carbons (Fsp3) is 0. The molecule has 0 bridgehead atoms. The smallest absolute Gasteiger partial charge is 0.238 e. The molecule has 0 unspecified atom stereocenters. The van der Waals surface area contributed by atoms with Gasteiger partial charge in [-0.3, -0.25) is 10.4 Å². The number of fused-ring (bicyclic) bond motifs is 1. The molecule has 1 aromatic carbocycles. The highest BCUT2D eigenvalue weighted by atomic mass is 32.2. The summed E-state index contributed by atoms with van der Waals surface area (Å²) in [6.45, 7) is 0. The number of hydrazine groups is 1. The molecule has 2 aromatic heterocycles. The van der Waals surface area contributed by atoms with Crippen molar-refractivity contribution in [2.24, 2.45) is 5.84 Å². The van der Waals surface area contributed by atoms with Crippen LogP contribution >= 0.6 is 11.8 Å². The van der Waals surface area contributed by atoms with E-state index in [1.165, 1.54) is 0 Å². The van der Waals surface area contributed by atoms with E-state index in [9.17, 15) is 0 Å². The summed E-state index contributed by atoms with van der Waals surface area (Å²) in [5.41, 5.74) is 3.36. The summed E-state index contributed by atoms with van der Waals surface area (Å²) in [4.78, 5) is 13.8. The second-order valence-electron chi connectivity index (χ2n) is 3.80. The van der Waals surface area contributed by atoms with Crippen molar-refractivity contribution in [1.29, 1.82) is 0 Å². The van der Waals surface area contributed by atoms with Crippen LogP contribution in [0, 0.1) is 0 Å². The van der Waals surface area contributed by atoms with Gasteiger partial charge >= 0.3 is 0 Å². The highest BCUT2D eigenvalue weighted by molar-refractivity contribution is 7.99. The van der Waals surface area contributed by atoms with Gasteiger partial charge in [0, 0.05) is 22.7 Å². The topological polar surface area (TPSA) is 76.7 Å². The Morgan fingerprint density at radius 1 is 1.00 bits per heavy atom. The molecule has 0 aliphatic heterocycles. The predicted molar refractivity (Wildman–Crippen MR) is 75.7 cm³/mol. The van der Waals surface area contributed by atoms with Crippen molar-refractivity contribution < 1.29 is 0 Å². The van der Waals surface area contributed by atoms with Crippen molar-refractivity contribution in [2.45, 2.75) is 9.92 Å². The van der Waals surface area contributed by atoms with Gasteiger partial charge in [0.1, 0.15) is 5.03 Å². The molecule has 0 spiro atoms. The lowest BCUT2D eigenvalue weighted by Crippen LogP contribution is -2.10. The molecule has 0 amide bonds. The van der Waals surface area contributed by atoms with Crippen LogP contribution < -0.4 is 11.3 Å². The molecule has 0 fully saturated rings.